The van der Waals surface area contributed by atoms with E-state index in [0.29, 0.717) is 18.1 Å². The van der Waals surface area contributed by atoms with E-state index in [1.54, 1.807) is 13.0 Å². The largest absolute Gasteiger partial charge is 0.374 e. The molecule has 0 spiro atoms. The van der Waals surface area contributed by atoms with Gasteiger partial charge in [0.25, 0.3) is 0 Å². The first-order chi connectivity index (χ1) is 7.59. The van der Waals surface area contributed by atoms with Gasteiger partial charge in [-0.15, -0.1) is 0 Å². The van der Waals surface area contributed by atoms with Crippen LogP contribution in [-0.4, -0.2) is 12.5 Å². The van der Waals surface area contributed by atoms with Crippen molar-refractivity contribution in [2.75, 3.05) is 0 Å². The molecule has 0 N–H and O–H groups in total. The fourth-order valence-electron chi connectivity index (χ4n) is 1.29. The molecule has 0 aliphatic heterocycles. The predicted molar refractivity (Wildman–Crippen MR) is 60.9 cm³/mol. The van der Waals surface area contributed by atoms with Crippen molar-refractivity contribution in [3.05, 3.63) is 34.9 Å². The zero-order valence-electron chi connectivity index (χ0n) is 9.13. The summed E-state index contributed by atoms with van der Waals surface area (Å²) in [6.07, 6.45) is -2.19. The summed E-state index contributed by atoms with van der Waals surface area (Å²) in [6.45, 7) is 2.16. The standard InChI is InChI=1S/C12H15ClF2O/c1-9(6-7-12(14)15)16-8-10-4-2-3-5-11(10)13/h2-5,9,12H,6-8H2,1H3. The Hall–Kier alpha value is -0.670. The second-order valence-electron chi connectivity index (χ2n) is 3.68. The first-order valence-electron chi connectivity index (χ1n) is 5.22. The molecular formula is C12H15ClF2O. The zero-order valence-corrected chi connectivity index (χ0v) is 9.88. The van der Waals surface area contributed by atoms with Crippen molar-refractivity contribution in [2.45, 2.75) is 38.9 Å². The van der Waals surface area contributed by atoms with E-state index in [4.69, 9.17) is 16.3 Å². The van der Waals surface area contributed by atoms with E-state index >= 15 is 0 Å². The highest BCUT2D eigenvalue weighted by Gasteiger charge is 2.08. The topological polar surface area (TPSA) is 9.23 Å². The molecule has 1 rings (SSSR count). The monoisotopic (exact) mass is 248 g/mol. The van der Waals surface area contributed by atoms with Crippen LogP contribution in [0.2, 0.25) is 5.02 Å². The van der Waals surface area contributed by atoms with Crippen LogP contribution >= 0.6 is 11.6 Å². The first kappa shape index (κ1) is 13.4. The van der Waals surface area contributed by atoms with Gasteiger partial charge < -0.3 is 4.74 Å². The molecule has 1 nitrogen and oxygen atoms in total. The third-order valence-electron chi connectivity index (χ3n) is 2.27. The Kier molecular flexibility index (Phi) is 5.71. The van der Waals surface area contributed by atoms with Gasteiger partial charge in [0.1, 0.15) is 0 Å². The van der Waals surface area contributed by atoms with Crippen molar-refractivity contribution >= 4 is 11.6 Å². The van der Waals surface area contributed by atoms with Crippen LogP contribution in [0.1, 0.15) is 25.3 Å². The molecule has 0 aromatic heterocycles. The molecule has 0 fully saturated rings. The van der Waals surface area contributed by atoms with Crippen molar-refractivity contribution in [1.82, 2.24) is 0 Å². The van der Waals surface area contributed by atoms with E-state index in [0.717, 1.165) is 5.56 Å². The van der Waals surface area contributed by atoms with Crippen LogP contribution in [0.15, 0.2) is 24.3 Å². The van der Waals surface area contributed by atoms with Gasteiger partial charge in [0.05, 0.1) is 12.7 Å². The van der Waals surface area contributed by atoms with Crippen LogP contribution in [-0.2, 0) is 11.3 Å². The minimum atomic E-state index is -2.26. The summed E-state index contributed by atoms with van der Waals surface area (Å²) in [6, 6.07) is 7.35. The lowest BCUT2D eigenvalue weighted by Crippen LogP contribution is -2.10. The van der Waals surface area contributed by atoms with Crippen LogP contribution in [0.5, 0.6) is 0 Å². The summed E-state index contributed by atoms with van der Waals surface area (Å²) in [5.41, 5.74) is 0.882. The zero-order chi connectivity index (χ0) is 12.0. The van der Waals surface area contributed by atoms with Gasteiger partial charge in [-0.05, 0) is 25.0 Å². The molecule has 1 aromatic carbocycles. The highest BCUT2D eigenvalue weighted by Crippen LogP contribution is 2.17. The second kappa shape index (κ2) is 6.81. The maximum atomic E-state index is 11.9. The summed E-state index contributed by atoms with van der Waals surface area (Å²) in [5, 5.41) is 0.642. The number of hydrogen-bond acceptors (Lipinski definition) is 1. The quantitative estimate of drug-likeness (QED) is 0.730. The Morgan fingerprint density at radius 1 is 1.25 bits per heavy atom. The number of hydrogen-bond donors (Lipinski definition) is 0. The molecule has 0 bridgehead atoms. The van der Waals surface area contributed by atoms with Gasteiger partial charge in [-0.3, -0.25) is 0 Å². The van der Waals surface area contributed by atoms with Crippen LogP contribution in [0.3, 0.4) is 0 Å². The van der Waals surface area contributed by atoms with E-state index in [1.807, 2.05) is 18.2 Å². The molecule has 0 aliphatic rings. The van der Waals surface area contributed by atoms with Crippen LogP contribution in [0, 0.1) is 0 Å². The second-order valence-corrected chi connectivity index (χ2v) is 4.09. The predicted octanol–water partition coefficient (Wildman–Crippen LogP) is 4.29. The van der Waals surface area contributed by atoms with Crippen molar-refractivity contribution in [1.29, 1.82) is 0 Å². The number of ether oxygens (including phenoxy) is 1. The smallest absolute Gasteiger partial charge is 0.238 e. The van der Waals surface area contributed by atoms with E-state index in [-0.39, 0.29) is 12.5 Å². The molecule has 4 heteroatoms. The van der Waals surface area contributed by atoms with Crippen LogP contribution in [0.4, 0.5) is 8.78 Å². The van der Waals surface area contributed by atoms with Crippen molar-refractivity contribution in [2.24, 2.45) is 0 Å². The highest BCUT2D eigenvalue weighted by atomic mass is 35.5. The summed E-state index contributed by atoms with van der Waals surface area (Å²) >= 11 is 5.94. The molecule has 0 radical (unpaired) electrons. The number of halogens is 3. The van der Waals surface area contributed by atoms with Gasteiger partial charge >= 0.3 is 0 Å². The Bertz CT molecular complexity index is 318. The van der Waals surface area contributed by atoms with Crippen LogP contribution in [0.25, 0.3) is 0 Å². The Labute approximate surface area is 99.4 Å². The fraction of sp³-hybridized carbons (Fsp3) is 0.500. The third-order valence-corrected chi connectivity index (χ3v) is 2.64. The van der Waals surface area contributed by atoms with Gasteiger partial charge in [-0.1, -0.05) is 29.8 Å². The summed E-state index contributed by atoms with van der Waals surface area (Å²) in [4.78, 5) is 0. The van der Waals surface area contributed by atoms with Gasteiger partial charge in [-0.25, -0.2) is 8.78 Å². The molecule has 90 valence electrons. The lowest BCUT2D eigenvalue weighted by Gasteiger charge is -2.13. The van der Waals surface area contributed by atoms with Gasteiger partial charge in [0.15, 0.2) is 0 Å². The minimum Gasteiger partial charge on any atom is -0.374 e. The number of benzene rings is 1. The molecule has 0 saturated heterocycles. The molecule has 0 aliphatic carbocycles. The Morgan fingerprint density at radius 2 is 1.94 bits per heavy atom. The van der Waals surface area contributed by atoms with Gasteiger partial charge in [0.2, 0.25) is 6.43 Å². The average molecular weight is 249 g/mol. The number of alkyl halides is 2. The Balaban J connectivity index is 2.31. The molecule has 1 atom stereocenters. The molecule has 0 amide bonds. The average Bonchev–Trinajstić information content (AvgIpc) is 2.25. The lowest BCUT2D eigenvalue weighted by atomic mass is 10.2. The molecule has 1 aromatic rings. The summed E-state index contributed by atoms with van der Waals surface area (Å²) in [5.74, 6) is 0. The van der Waals surface area contributed by atoms with E-state index in [1.165, 1.54) is 0 Å². The fourth-order valence-corrected chi connectivity index (χ4v) is 1.48. The highest BCUT2D eigenvalue weighted by molar-refractivity contribution is 6.31. The summed E-state index contributed by atoms with van der Waals surface area (Å²) in [7, 11) is 0. The summed E-state index contributed by atoms with van der Waals surface area (Å²) < 4.78 is 29.3. The van der Waals surface area contributed by atoms with E-state index < -0.39 is 6.43 Å². The van der Waals surface area contributed by atoms with Crippen molar-refractivity contribution in [3.63, 3.8) is 0 Å². The lowest BCUT2D eigenvalue weighted by molar-refractivity contribution is 0.0307. The maximum absolute atomic E-state index is 11.9. The van der Waals surface area contributed by atoms with Crippen molar-refractivity contribution in [3.8, 4) is 0 Å². The van der Waals surface area contributed by atoms with E-state index in [9.17, 15) is 8.78 Å². The van der Waals surface area contributed by atoms with Gasteiger partial charge in [-0.2, -0.15) is 0 Å². The molecule has 1 unspecified atom stereocenters. The van der Waals surface area contributed by atoms with Crippen LogP contribution < -0.4 is 0 Å². The third kappa shape index (κ3) is 4.90. The molecule has 16 heavy (non-hydrogen) atoms. The minimum absolute atomic E-state index is 0.121. The Morgan fingerprint density at radius 3 is 2.56 bits per heavy atom. The van der Waals surface area contributed by atoms with Crippen molar-refractivity contribution < 1.29 is 13.5 Å². The molecule has 0 heterocycles. The molecular weight excluding hydrogens is 234 g/mol. The first-order valence-corrected chi connectivity index (χ1v) is 5.60. The molecule has 0 saturated carbocycles. The normalized spacial score (nSPS) is 13.1. The maximum Gasteiger partial charge on any atom is 0.238 e. The SMILES string of the molecule is CC(CCC(F)F)OCc1ccccc1Cl. The number of rotatable bonds is 6. The van der Waals surface area contributed by atoms with Gasteiger partial charge in [0, 0.05) is 11.4 Å². The van der Waals surface area contributed by atoms with E-state index in [2.05, 4.69) is 0 Å².